The van der Waals surface area contributed by atoms with E-state index in [1.54, 1.807) is 0 Å². The first-order valence-corrected chi connectivity index (χ1v) is 8.08. The molecule has 0 saturated carbocycles. The van der Waals surface area contributed by atoms with Crippen LogP contribution in [0.1, 0.15) is 6.42 Å². The first-order chi connectivity index (χ1) is 10.5. The minimum atomic E-state index is -2.69. The van der Waals surface area contributed by atoms with Crippen molar-refractivity contribution in [2.45, 2.75) is 21.7 Å². The number of rotatable bonds is 7. The third kappa shape index (κ3) is 4.91. The number of aromatic nitrogens is 4. The van der Waals surface area contributed by atoms with E-state index in [2.05, 4.69) is 20.4 Å². The van der Waals surface area contributed by atoms with Crippen LogP contribution in [0.3, 0.4) is 0 Å². The van der Waals surface area contributed by atoms with Crippen molar-refractivity contribution in [1.29, 1.82) is 0 Å². The topological polar surface area (TPSA) is 64.7 Å². The molecule has 120 valence electrons. The molecule has 2 aromatic heterocycles. The van der Waals surface area contributed by atoms with Gasteiger partial charge in [0.05, 0.1) is 0 Å². The van der Waals surface area contributed by atoms with Gasteiger partial charge in [-0.15, -0.1) is 20.4 Å². The molecule has 0 aliphatic carbocycles. The van der Waals surface area contributed by atoms with E-state index in [-0.39, 0.29) is 33.6 Å². The summed E-state index contributed by atoms with van der Waals surface area (Å²) in [6.45, 7) is 0. The molecule has 22 heavy (non-hydrogen) atoms. The minimum Gasteiger partial charge on any atom is -0.409 e. The third-order valence-electron chi connectivity index (χ3n) is 1.94. The first-order valence-electron chi connectivity index (χ1n) is 5.40. The van der Waals surface area contributed by atoms with Crippen molar-refractivity contribution in [3.63, 3.8) is 0 Å². The monoisotopic (exact) mass is 376 g/mol. The molecule has 0 unspecified atom stereocenters. The van der Waals surface area contributed by atoms with Crippen molar-refractivity contribution in [1.82, 2.24) is 20.4 Å². The van der Waals surface area contributed by atoms with Crippen molar-refractivity contribution >= 4 is 34.9 Å². The van der Waals surface area contributed by atoms with Gasteiger partial charge in [-0.2, -0.15) is 17.6 Å². The molecule has 2 heterocycles. The lowest BCUT2D eigenvalue weighted by atomic mass is 10.4. The third-order valence-corrected chi connectivity index (χ3v) is 4.53. The van der Waals surface area contributed by atoms with E-state index in [4.69, 9.17) is 4.42 Å². The summed E-state index contributed by atoms with van der Waals surface area (Å²) in [5, 5.41) is 14.3. The molecule has 0 N–H and O–H groups in total. The van der Waals surface area contributed by atoms with Gasteiger partial charge >= 0.3 is 6.08 Å². The fourth-order valence-corrected chi connectivity index (χ4v) is 3.24. The average Bonchev–Trinajstić information content (AvgIpc) is 3.06. The molecular weight excluding hydrogens is 371 g/mol. The molecule has 0 spiro atoms. The number of hydrogen-bond donors (Lipinski definition) is 0. The molecule has 0 aliphatic rings. The standard InChI is InChI=1S/C9H5F5N4OS3/c10-3(4(11)12)1-2-20-9-18-16-6(21-9)5-15-17-8(19-5)22-7(13)14/h7H,1-2H2. The summed E-state index contributed by atoms with van der Waals surface area (Å²) in [4.78, 5) is 0. The van der Waals surface area contributed by atoms with E-state index in [0.717, 1.165) is 23.1 Å². The summed E-state index contributed by atoms with van der Waals surface area (Å²) in [6.07, 6.45) is -2.77. The molecule has 0 saturated heterocycles. The second-order valence-corrected chi connectivity index (χ2v) is 6.65. The van der Waals surface area contributed by atoms with E-state index in [0.29, 0.717) is 4.34 Å². The van der Waals surface area contributed by atoms with Gasteiger partial charge in [0.15, 0.2) is 10.2 Å². The molecule has 0 aromatic carbocycles. The Labute approximate surface area is 132 Å². The minimum absolute atomic E-state index is 0.0497. The molecule has 13 heteroatoms. The van der Waals surface area contributed by atoms with Crippen LogP contribution >= 0.6 is 34.9 Å². The lowest BCUT2D eigenvalue weighted by molar-refractivity contribution is 0.249. The largest absolute Gasteiger partial charge is 0.409 e. The molecule has 0 bridgehead atoms. The molecule has 0 amide bonds. The highest BCUT2D eigenvalue weighted by Gasteiger charge is 2.17. The van der Waals surface area contributed by atoms with E-state index in [9.17, 15) is 22.0 Å². The van der Waals surface area contributed by atoms with Gasteiger partial charge in [-0.3, -0.25) is 0 Å². The Hall–Kier alpha value is -1.21. The summed E-state index contributed by atoms with van der Waals surface area (Å²) in [6, 6.07) is 0. The number of allylic oxidation sites excluding steroid dienone is 1. The number of thioether (sulfide) groups is 2. The Bertz CT molecular complexity index is 657. The Morgan fingerprint density at radius 1 is 1.14 bits per heavy atom. The lowest BCUT2D eigenvalue weighted by Crippen LogP contribution is -1.82. The van der Waals surface area contributed by atoms with Crippen molar-refractivity contribution in [3.8, 4) is 10.9 Å². The van der Waals surface area contributed by atoms with E-state index in [1.165, 1.54) is 0 Å². The van der Waals surface area contributed by atoms with Gasteiger partial charge in [0.2, 0.25) is 5.01 Å². The second kappa shape index (κ2) is 7.87. The predicted octanol–water partition coefficient (Wildman–Crippen LogP) is 4.46. The average molecular weight is 376 g/mol. The second-order valence-electron chi connectivity index (χ2n) is 3.39. The van der Waals surface area contributed by atoms with Gasteiger partial charge in [0, 0.05) is 23.9 Å². The van der Waals surface area contributed by atoms with Gasteiger partial charge in [0.1, 0.15) is 0 Å². The summed E-state index contributed by atoms with van der Waals surface area (Å²) >= 11 is 2.12. The van der Waals surface area contributed by atoms with Crippen molar-refractivity contribution in [2.24, 2.45) is 0 Å². The Kier molecular flexibility index (Phi) is 6.14. The van der Waals surface area contributed by atoms with Crippen molar-refractivity contribution < 1.29 is 26.4 Å². The van der Waals surface area contributed by atoms with Gasteiger partial charge in [-0.05, 0) is 0 Å². The highest BCUT2D eigenvalue weighted by Crippen LogP contribution is 2.32. The molecule has 2 aromatic rings. The molecule has 2 rings (SSSR count). The fraction of sp³-hybridized carbons (Fsp3) is 0.333. The van der Waals surface area contributed by atoms with Crippen molar-refractivity contribution in [3.05, 3.63) is 11.9 Å². The summed E-state index contributed by atoms with van der Waals surface area (Å²) in [5.41, 5.74) is 0. The summed E-state index contributed by atoms with van der Waals surface area (Å²) in [5.74, 6) is -4.18. The zero-order valence-corrected chi connectivity index (χ0v) is 12.8. The Morgan fingerprint density at radius 3 is 2.59 bits per heavy atom. The van der Waals surface area contributed by atoms with Crippen LogP contribution in [0.4, 0.5) is 22.0 Å². The maximum atomic E-state index is 12.6. The number of nitrogens with zero attached hydrogens (tertiary/aromatic N) is 4. The van der Waals surface area contributed by atoms with Crippen LogP contribution in [-0.2, 0) is 0 Å². The Balaban J connectivity index is 1.93. The van der Waals surface area contributed by atoms with Gasteiger partial charge in [-0.1, -0.05) is 23.1 Å². The van der Waals surface area contributed by atoms with E-state index in [1.807, 2.05) is 0 Å². The molecule has 0 radical (unpaired) electrons. The molecule has 0 atom stereocenters. The van der Waals surface area contributed by atoms with Crippen LogP contribution in [0.15, 0.2) is 25.9 Å². The van der Waals surface area contributed by atoms with Gasteiger partial charge in [0.25, 0.3) is 16.9 Å². The fourth-order valence-electron chi connectivity index (χ4n) is 1.10. The van der Waals surface area contributed by atoms with Crippen LogP contribution in [0.2, 0.25) is 0 Å². The van der Waals surface area contributed by atoms with Crippen LogP contribution < -0.4 is 0 Å². The van der Waals surface area contributed by atoms with Crippen LogP contribution in [0.5, 0.6) is 0 Å². The zero-order chi connectivity index (χ0) is 16.1. The van der Waals surface area contributed by atoms with Crippen LogP contribution in [0.25, 0.3) is 10.9 Å². The molecule has 0 aliphatic heterocycles. The summed E-state index contributed by atoms with van der Waals surface area (Å²) in [7, 11) is 0. The van der Waals surface area contributed by atoms with Gasteiger partial charge in [-0.25, -0.2) is 4.39 Å². The molecule has 5 nitrogen and oxygen atoms in total. The Morgan fingerprint density at radius 2 is 1.91 bits per heavy atom. The smallest absolute Gasteiger partial charge is 0.301 e. The van der Waals surface area contributed by atoms with Crippen LogP contribution in [-0.4, -0.2) is 31.9 Å². The first kappa shape index (κ1) is 17.1. The van der Waals surface area contributed by atoms with E-state index >= 15 is 0 Å². The number of alkyl halides is 2. The number of halogens is 5. The zero-order valence-electron chi connectivity index (χ0n) is 10.3. The normalized spacial score (nSPS) is 11.2. The van der Waals surface area contributed by atoms with Gasteiger partial charge < -0.3 is 4.42 Å². The van der Waals surface area contributed by atoms with Crippen LogP contribution in [0, 0.1) is 0 Å². The maximum Gasteiger partial charge on any atom is 0.301 e. The molecular formula is C9H5F5N4OS3. The predicted molar refractivity (Wildman–Crippen MR) is 70.8 cm³/mol. The maximum absolute atomic E-state index is 12.6. The molecule has 0 fully saturated rings. The van der Waals surface area contributed by atoms with E-state index < -0.39 is 24.1 Å². The SMILES string of the molecule is FC(F)=C(F)CCSc1nnc(-c2nnc(SC(F)F)o2)s1. The lowest BCUT2D eigenvalue weighted by Gasteiger charge is -1.94. The number of hydrogen-bond acceptors (Lipinski definition) is 8. The highest BCUT2D eigenvalue weighted by atomic mass is 32.2. The highest BCUT2D eigenvalue weighted by molar-refractivity contribution is 8.01. The van der Waals surface area contributed by atoms with Crippen molar-refractivity contribution in [2.75, 3.05) is 5.75 Å². The quantitative estimate of drug-likeness (QED) is 0.522. The summed E-state index contributed by atoms with van der Waals surface area (Å²) < 4.78 is 65.9.